The monoisotopic (exact) mass is 183 g/mol. The molecule has 0 aromatic heterocycles. The van der Waals surface area contributed by atoms with Gasteiger partial charge >= 0.3 is 0 Å². The summed E-state index contributed by atoms with van der Waals surface area (Å²) in [4.78, 5) is 21.7. The Morgan fingerprint density at radius 3 is 2.38 bits per heavy atom. The molecule has 0 fully saturated rings. The van der Waals surface area contributed by atoms with E-state index < -0.39 is 23.3 Å². The van der Waals surface area contributed by atoms with Crippen LogP contribution in [-0.4, -0.2) is 11.7 Å². The van der Waals surface area contributed by atoms with Crippen LogP contribution in [0.2, 0.25) is 0 Å². The van der Waals surface area contributed by atoms with Gasteiger partial charge in [-0.2, -0.15) is 0 Å². The summed E-state index contributed by atoms with van der Waals surface area (Å²) in [5, 5.41) is 2.12. The molecule has 0 bridgehead atoms. The average molecular weight is 183 g/mol. The minimum atomic E-state index is -1.14. The normalized spacial score (nSPS) is 14.3. The molecule has 66 valence electrons. The summed E-state index contributed by atoms with van der Waals surface area (Å²) in [5.74, 6) is -3.92. The first-order valence-electron chi connectivity index (χ1n) is 3.44. The van der Waals surface area contributed by atoms with Crippen LogP contribution in [0.15, 0.2) is 12.1 Å². The van der Waals surface area contributed by atoms with Crippen LogP contribution < -0.4 is 5.32 Å². The van der Waals surface area contributed by atoms with Crippen molar-refractivity contribution in [2.24, 2.45) is 0 Å². The molecule has 1 aromatic rings. The van der Waals surface area contributed by atoms with Crippen LogP contribution in [0.25, 0.3) is 0 Å². The molecule has 0 saturated carbocycles. The van der Waals surface area contributed by atoms with Crippen molar-refractivity contribution >= 4 is 17.4 Å². The summed E-state index contributed by atoms with van der Waals surface area (Å²) < 4.78 is 25.2. The Balaban J connectivity index is 2.66. The van der Waals surface area contributed by atoms with E-state index in [4.69, 9.17) is 0 Å². The van der Waals surface area contributed by atoms with Gasteiger partial charge in [0.05, 0.1) is 11.3 Å². The molecular formula is C8H3F2NO2. The molecule has 13 heavy (non-hydrogen) atoms. The molecular weight excluding hydrogens is 180 g/mol. The van der Waals surface area contributed by atoms with Crippen molar-refractivity contribution in [1.29, 1.82) is 0 Å². The second-order valence-electron chi connectivity index (χ2n) is 2.60. The number of ketones is 1. The Morgan fingerprint density at radius 2 is 1.69 bits per heavy atom. The van der Waals surface area contributed by atoms with Gasteiger partial charge in [0.15, 0.2) is 11.6 Å². The van der Waals surface area contributed by atoms with E-state index in [1.165, 1.54) is 0 Å². The smallest absolute Gasteiger partial charge is 0.296 e. The van der Waals surface area contributed by atoms with E-state index in [1.54, 1.807) is 0 Å². The third-order valence-electron chi connectivity index (χ3n) is 1.76. The van der Waals surface area contributed by atoms with Gasteiger partial charge in [-0.3, -0.25) is 9.59 Å². The maximum absolute atomic E-state index is 12.6. The number of Topliss-reactive ketones (excluding diaryl/α,β-unsaturated/α-hetero) is 1. The number of carbonyl (C=O) groups is 2. The molecule has 1 aliphatic heterocycles. The van der Waals surface area contributed by atoms with E-state index in [1.807, 2.05) is 0 Å². The van der Waals surface area contributed by atoms with Gasteiger partial charge in [-0.25, -0.2) is 8.78 Å². The minimum Gasteiger partial charge on any atom is -0.318 e. The highest BCUT2D eigenvalue weighted by Crippen LogP contribution is 2.25. The zero-order valence-corrected chi connectivity index (χ0v) is 6.23. The third kappa shape index (κ3) is 1.00. The van der Waals surface area contributed by atoms with Gasteiger partial charge in [-0.15, -0.1) is 0 Å². The fourth-order valence-corrected chi connectivity index (χ4v) is 1.14. The van der Waals surface area contributed by atoms with E-state index in [0.717, 1.165) is 6.07 Å². The predicted molar refractivity (Wildman–Crippen MR) is 39.3 cm³/mol. The van der Waals surface area contributed by atoms with Crippen LogP contribution in [0.5, 0.6) is 0 Å². The van der Waals surface area contributed by atoms with Crippen LogP contribution >= 0.6 is 0 Å². The highest BCUT2D eigenvalue weighted by Gasteiger charge is 2.29. The number of halogens is 2. The van der Waals surface area contributed by atoms with E-state index in [9.17, 15) is 18.4 Å². The zero-order valence-electron chi connectivity index (χ0n) is 6.23. The summed E-state index contributed by atoms with van der Waals surface area (Å²) in [6.45, 7) is 0. The number of fused-ring (bicyclic) bond motifs is 1. The summed E-state index contributed by atoms with van der Waals surface area (Å²) in [7, 11) is 0. The fourth-order valence-electron chi connectivity index (χ4n) is 1.14. The number of carbonyl (C=O) groups excluding carboxylic acids is 2. The molecule has 0 atom stereocenters. The third-order valence-corrected chi connectivity index (χ3v) is 1.76. The summed E-state index contributed by atoms with van der Waals surface area (Å²) in [6, 6.07) is 1.50. The van der Waals surface area contributed by atoms with Crippen molar-refractivity contribution in [2.75, 3.05) is 5.32 Å². The molecule has 5 heteroatoms. The lowest BCUT2D eigenvalue weighted by Gasteiger charge is -1.96. The van der Waals surface area contributed by atoms with Crippen molar-refractivity contribution in [3.05, 3.63) is 29.3 Å². The van der Waals surface area contributed by atoms with Gasteiger partial charge in [-0.1, -0.05) is 0 Å². The molecule has 0 saturated heterocycles. The Kier molecular flexibility index (Phi) is 1.42. The van der Waals surface area contributed by atoms with Gasteiger partial charge in [0.2, 0.25) is 0 Å². The summed E-state index contributed by atoms with van der Waals surface area (Å²) >= 11 is 0. The van der Waals surface area contributed by atoms with Gasteiger partial charge < -0.3 is 5.32 Å². The summed E-state index contributed by atoms with van der Waals surface area (Å²) in [6.07, 6.45) is 0. The first-order valence-corrected chi connectivity index (χ1v) is 3.44. The SMILES string of the molecule is O=C1Nc2cc(F)c(F)cc2C1=O. The fraction of sp³-hybridized carbons (Fsp3) is 0. The number of hydrogen-bond donors (Lipinski definition) is 1. The van der Waals surface area contributed by atoms with Gasteiger partial charge in [0.25, 0.3) is 11.7 Å². The number of anilines is 1. The highest BCUT2D eigenvalue weighted by atomic mass is 19.2. The highest BCUT2D eigenvalue weighted by molar-refractivity contribution is 6.51. The van der Waals surface area contributed by atoms with Gasteiger partial charge in [-0.05, 0) is 6.07 Å². The maximum Gasteiger partial charge on any atom is 0.296 e. The molecule has 1 amide bonds. The van der Waals surface area contributed by atoms with Crippen molar-refractivity contribution in [2.45, 2.75) is 0 Å². The number of amides is 1. The standard InChI is InChI=1S/C8H3F2NO2/c9-4-1-3-6(2-5(4)10)11-8(13)7(3)12/h1-2H,(H,11,12,13). The minimum absolute atomic E-state index is 0.0221. The number of hydrogen-bond acceptors (Lipinski definition) is 2. The second kappa shape index (κ2) is 2.35. The number of benzene rings is 1. The van der Waals surface area contributed by atoms with Crippen LogP contribution in [0.3, 0.4) is 0 Å². The van der Waals surface area contributed by atoms with Crippen LogP contribution in [-0.2, 0) is 4.79 Å². The maximum atomic E-state index is 12.6. The molecule has 1 aromatic carbocycles. The van der Waals surface area contributed by atoms with Crippen molar-refractivity contribution in [3.8, 4) is 0 Å². The lowest BCUT2D eigenvalue weighted by Crippen LogP contribution is -2.12. The largest absolute Gasteiger partial charge is 0.318 e. The van der Waals surface area contributed by atoms with Gasteiger partial charge in [0.1, 0.15) is 0 Å². The molecule has 0 spiro atoms. The van der Waals surface area contributed by atoms with Crippen molar-refractivity contribution < 1.29 is 18.4 Å². The van der Waals surface area contributed by atoms with Crippen LogP contribution in [0.1, 0.15) is 10.4 Å². The molecule has 0 radical (unpaired) electrons. The predicted octanol–water partition coefficient (Wildman–Crippen LogP) is 1.10. The second-order valence-corrected chi connectivity index (χ2v) is 2.60. The first kappa shape index (κ1) is 7.85. The Labute approximate surface area is 71.4 Å². The molecule has 2 rings (SSSR count). The zero-order chi connectivity index (χ0) is 9.59. The molecule has 1 aliphatic rings. The van der Waals surface area contributed by atoms with Crippen molar-refractivity contribution in [3.63, 3.8) is 0 Å². The lowest BCUT2D eigenvalue weighted by molar-refractivity contribution is -0.112. The van der Waals surface area contributed by atoms with E-state index in [-0.39, 0.29) is 11.3 Å². The van der Waals surface area contributed by atoms with E-state index in [0.29, 0.717) is 6.07 Å². The Bertz CT molecular complexity index is 428. The molecule has 1 N–H and O–H groups in total. The Hall–Kier alpha value is -1.78. The summed E-state index contributed by atoms with van der Waals surface area (Å²) in [5.41, 5.74) is -0.0993. The van der Waals surface area contributed by atoms with Gasteiger partial charge in [0, 0.05) is 6.07 Å². The molecule has 0 aliphatic carbocycles. The Morgan fingerprint density at radius 1 is 1.08 bits per heavy atom. The van der Waals surface area contributed by atoms with Crippen molar-refractivity contribution in [1.82, 2.24) is 0 Å². The lowest BCUT2D eigenvalue weighted by atomic mass is 10.1. The first-order chi connectivity index (χ1) is 6.09. The van der Waals surface area contributed by atoms with E-state index >= 15 is 0 Å². The average Bonchev–Trinajstić information content (AvgIpc) is 2.32. The molecule has 0 unspecified atom stereocenters. The van der Waals surface area contributed by atoms with E-state index in [2.05, 4.69) is 5.32 Å². The molecule has 3 nitrogen and oxygen atoms in total. The quantitative estimate of drug-likeness (QED) is 0.612. The van der Waals surface area contributed by atoms with Crippen LogP contribution in [0, 0.1) is 11.6 Å². The topological polar surface area (TPSA) is 46.2 Å². The van der Waals surface area contributed by atoms with Crippen LogP contribution in [0.4, 0.5) is 14.5 Å². The number of nitrogens with one attached hydrogen (secondary N) is 1. The molecule has 1 heterocycles. The number of rotatable bonds is 0.